The molecule has 0 saturated carbocycles. The Bertz CT molecular complexity index is 1150. The SMILES string of the molecule is COc1ccc2nc(N(Cc3ccccn3)C(=O)Cn3nc(C)cc3C)sc2c1. The summed E-state index contributed by atoms with van der Waals surface area (Å²) in [6.45, 7) is 4.35. The van der Waals surface area contributed by atoms with Gasteiger partial charge in [-0.25, -0.2) is 4.98 Å². The fourth-order valence-corrected chi connectivity index (χ4v) is 4.11. The van der Waals surface area contributed by atoms with Crippen molar-refractivity contribution < 1.29 is 9.53 Å². The first kappa shape index (κ1) is 19.1. The van der Waals surface area contributed by atoms with Crippen LogP contribution in [0.25, 0.3) is 10.2 Å². The highest BCUT2D eigenvalue weighted by atomic mass is 32.1. The maximum Gasteiger partial charge on any atom is 0.250 e. The van der Waals surface area contributed by atoms with Crippen molar-refractivity contribution in [3.8, 4) is 5.75 Å². The Morgan fingerprint density at radius 3 is 2.76 bits per heavy atom. The minimum Gasteiger partial charge on any atom is -0.497 e. The second-order valence-corrected chi connectivity index (χ2v) is 7.72. The van der Waals surface area contributed by atoms with Crippen molar-refractivity contribution >= 4 is 32.6 Å². The number of anilines is 1. The van der Waals surface area contributed by atoms with Crippen LogP contribution in [0.4, 0.5) is 5.13 Å². The molecule has 0 saturated heterocycles. The van der Waals surface area contributed by atoms with Crippen molar-refractivity contribution in [1.82, 2.24) is 19.7 Å². The number of ether oxygens (including phenoxy) is 1. The fourth-order valence-electron chi connectivity index (χ4n) is 3.10. The number of hydrogen-bond donors (Lipinski definition) is 0. The van der Waals surface area contributed by atoms with Crippen LogP contribution in [0.1, 0.15) is 17.1 Å². The molecule has 8 heteroatoms. The molecule has 0 spiro atoms. The summed E-state index contributed by atoms with van der Waals surface area (Å²) in [6.07, 6.45) is 1.72. The van der Waals surface area contributed by atoms with Crippen molar-refractivity contribution in [2.24, 2.45) is 0 Å². The number of nitrogens with zero attached hydrogens (tertiary/aromatic N) is 5. The molecule has 0 aliphatic heterocycles. The number of methoxy groups -OCH3 is 1. The standard InChI is InChI=1S/C21H21N5O2S/c1-14-10-15(2)26(24-14)13-20(27)25(12-16-6-4-5-9-22-16)21-23-18-8-7-17(28-3)11-19(18)29-21/h4-11H,12-13H2,1-3H3. The molecule has 148 valence electrons. The molecule has 4 aromatic rings. The van der Waals surface area contributed by atoms with Crippen molar-refractivity contribution in [2.45, 2.75) is 26.9 Å². The number of benzene rings is 1. The lowest BCUT2D eigenvalue weighted by atomic mass is 10.3. The Kier molecular flexibility index (Phi) is 5.26. The second kappa shape index (κ2) is 8.00. The van der Waals surface area contributed by atoms with E-state index >= 15 is 0 Å². The number of rotatable bonds is 6. The molecule has 3 heterocycles. The van der Waals surface area contributed by atoms with E-state index in [1.165, 1.54) is 11.3 Å². The summed E-state index contributed by atoms with van der Waals surface area (Å²) in [4.78, 5) is 24.0. The minimum atomic E-state index is -0.0899. The monoisotopic (exact) mass is 407 g/mol. The van der Waals surface area contributed by atoms with Gasteiger partial charge in [0.15, 0.2) is 5.13 Å². The number of fused-ring (bicyclic) bond motifs is 1. The van der Waals surface area contributed by atoms with E-state index in [1.54, 1.807) is 22.9 Å². The largest absolute Gasteiger partial charge is 0.497 e. The highest BCUT2D eigenvalue weighted by Gasteiger charge is 2.22. The van der Waals surface area contributed by atoms with Crippen LogP contribution in [-0.4, -0.2) is 32.8 Å². The van der Waals surface area contributed by atoms with Gasteiger partial charge in [-0.2, -0.15) is 5.10 Å². The van der Waals surface area contributed by atoms with Gasteiger partial charge in [0.1, 0.15) is 12.3 Å². The zero-order valence-electron chi connectivity index (χ0n) is 16.5. The van der Waals surface area contributed by atoms with Crippen molar-refractivity contribution in [2.75, 3.05) is 12.0 Å². The van der Waals surface area contributed by atoms with Gasteiger partial charge in [0.25, 0.3) is 5.91 Å². The summed E-state index contributed by atoms with van der Waals surface area (Å²) in [7, 11) is 1.63. The van der Waals surface area contributed by atoms with Gasteiger partial charge in [0, 0.05) is 11.9 Å². The summed E-state index contributed by atoms with van der Waals surface area (Å²) < 4.78 is 7.99. The fraction of sp³-hybridized carbons (Fsp3) is 0.238. The van der Waals surface area contributed by atoms with Gasteiger partial charge in [-0.15, -0.1) is 0 Å². The molecule has 3 aromatic heterocycles. The lowest BCUT2D eigenvalue weighted by Gasteiger charge is -2.20. The van der Waals surface area contributed by atoms with Gasteiger partial charge in [0.2, 0.25) is 0 Å². The molecule has 0 N–H and O–H groups in total. The van der Waals surface area contributed by atoms with Gasteiger partial charge in [0.05, 0.1) is 35.3 Å². The average Bonchev–Trinajstić information content (AvgIpc) is 3.28. The van der Waals surface area contributed by atoms with E-state index in [0.717, 1.165) is 33.0 Å². The van der Waals surface area contributed by atoms with Gasteiger partial charge < -0.3 is 4.74 Å². The predicted octanol–water partition coefficient (Wildman–Crippen LogP) is 3.75. The quantitative estimate of drug-likeness (QED) is 0.487. The highest BCUT2D eigenvalue weighted by Crippen LogP contribution is 2.32. The van der Waals surface area contributed by atoms with E-state index in [9.17, 15) is 4.79 Å². The summed E-state index contributed by atoms with van der Waals surface area (Å²) in [5.74, 6) is 0.672. The molecule has 1 amide bonds. The lowest BCUT2D eigenvalue weighted by Crippen LogP contribution is -2.34. The molecule has 0 fully saturated rings. The third-order valence-corrected chi connectivity index (χ3v) is 5.59. The number of pyridine rings is 1. The molecule has 0 aliphatic rings. The van der Waals surface area contributed by atoms with E-state index in [4.69, 9.17) is 4.74 Å². The summed E-state index contributed by atoms with van der Waals surface area (Å²) in [5.41, 5.74) is 3.46. The molecular formula is C21H21N5O2S. The smallest absolute Gasteiger partial charge is 0.250 e. The van der Waals surface area contributed by atoms with Crippen molar-refractivity contribution in [3.63, 3.8) is 0 Å². The molecule has 29 heavy (non-hydrogen) atoms. The Morgan fingerprint density at radius 2 is 2.07 bits per heavy atom. The first-order valence-electron chi connectivity index (χ1n) is 9.19. The lowest BCUT2D eigenvalue weighted by molar-refractivity contribution is -0.119. The van der Waals surface area contributed by atoms with Gasteiger partial charge >= 0.3 is 0 Å². The van der Waals surface area contributed by atoms with Crippen LogP contribution in [0.2, 0.25) is 0 Å². The number of aromatic nitrogens is 4. The number of hydrogen-bond acceptors (Lipinski definition) is 6. The normalized spacial score (nSPS) is 11.0. The van der Waals surface area contributed by atoms with Crippen LogP contribution < -0.4 is 9.64 Å². The van der Waals surface area contributed by atoms with Crippen LogP contribution >= 0.6 is 11.3 Å². The highest BCUT2D eigenvalue weighted by molar-refractivity contribution is 7.22. The van der Waals surface area contributed by atoms with Gasteiger partial charge in [-0.3, -0.25) is 19.4 Å². The number of carbonyl (C=O) groups excluding carboxylic acids is 1. The van der Waals surface area contributed by atoms with E-state index < -0.39 is 0 Å². The van der Waals surface area contributed by atoms with Crippen LogP contribution in [0.3, 0.4) is 0 Å². The maximum absolute atomic E-state index is 13.3. The van der Waals surface area contributed by atoms with Crippen LogP contribution in [-0.2, 0) is 17.9 Å². The third kappa shape index (κ3) is 4.12. The zero-order chi connectivity index (χ0) is 20.4. The summed E-state index contributed by atoms with van der Waals surface area (Å²) >= 11 is 1.46. The molecule has 0 atom stereocenters. The first-order valence-corrected chi connectivity index (χ1v) is 10.0. The van der Waals surface area contributed by atoms with Crippen molar-refractivity contribution in [3.05, 3.63) is 65.7 Å². The van der Waals surface area contributed by atoms with E-state index in [1.807, 2.05) is 56.3 Å². The molecule has 0 unspecified atom stereocenters. The molecule has 0 radical (unpaired) electrons. The number of carbonyl (C=O) groups is 1. The minimum absolute atomic E-state index is 0.0899. The Hall–Kier alpha value is -3.26. The molecule has 4 rings (SSSR count). The summed E-state index contributed by atoms with van der Waals surface area (Å²) in [5, 5.41) is 5.05. The number of amides is 1. The second-order valence-electron chi connectivity index (χ2n) is 6.72. The Labute approximate surface area is 172 Å². The van der Waals surface area contributed by atoms with Crippen molar-refractivity contribution in [1.29, 1.82) is 0 Å². The molecule has 0 aliphatic carbocycles. The van der Waals surface area contributed by atoms with E-state index in [0.29, 0.717) is 11.7 Å². The van der Waals surface area contributed by atoms with E-state index in [-0.39, 0.29) is 12.5 Å². The molecule has 7 nitrogen and oxygen atoms in total. The van der Waals surface area contributed by atoms with Gasteiger partial charge in [-0.1, -0.05) is 17.4 Å². The molecule has 1 aromatic carbocycles. The van der Waals surface area contributed by atoms with Gasteiger partial charge in [-0.05, 0) is 50.2 Å². The molecular weight excluding hydrogens is 386 g/mol. The Balaban J connectivity index is 1.69. The van der Waals surface area contributed by atoms with E-state index in [2.05, 4.69) is 15.1 Å². The van der Waals surface area contributed by atoms with Crippen LogP contribution in [0, 0.1) is 13.8 Å². The summed E-state index contributed by atoms with van der Waals surface area (Å²) in [6, 6.07) is 13.3. The zero-order valence-corrected chi connectivity index (χ0v) is 17.3. The first-order chi connectivity index (χ1) is 14.0. The number of aryl methyl sites for hydroxylation is 2. The number of thiazole rings is 1. The average molecular weight is 407 g/mol. The topological polar surface area (TPSA) is 73.1 Å². The van der Waals surface area contributed by atoms with Crippen LogP contribution in [0.5, 0.6) is 5.75 Å². The third-order valence-electron chi connectivity index (χ3n) is 4.55. The Morgan fingerprint density at radius 1 is 1.21 bits per heavy atom. The maximum atomic E-state index is 13.3. The molecule has 0 bridgehead atoms. The predicted molar refractivity (Wildman–Crippen MR) is 113 cm³/mol. The van der Waals surface area contributed by atoms with Crippen LogP contribution in [0.15, 0.2) is 48.7 Å².